The van der Waals surface area contributed by atoms with Crippen LogP contribution in [-0.2, 0) is 17.6 Å². The van der Waals surface area contributed by atoms with Gasteiger partial charge in [-0.05, 0) is 24.0 Å². The van der Waals surface area contributed by atoms with Gasteiger partial charge in [-0.3, -0.25) is 4.79 Å². The summed E-state index contributed by atoms with van der Waals surface area (Å²) in [5.41, 5.74) is 2.21. The standard InChI is InChI=1S/C14H16O3/c1-8(2)12-7-10-11(16-12)5-3-9-4-6-13(15)17-14(9)10/h3,5,8,12H,4,6-7H2,1-2H3. The van der Waals surface area contributed by atoms with Gasteiger partial charge in [-0.25, -0.2) is 0 Å². The quantitative estimate of drug-likeness (QED) is 0.551. The molecular formula is C14H16O3. The molecule has 0 bridgehead atoms. The molecule has 0 fully saturated rings. The molecule has 3 heteroatoms. The molecule has 0 aliphatic carbocycles. The molecule has 2 heterocycles. The van der Waals surface area contributed by atoms with Gasteiger partial charge in [0.15, 0.2) is 0 Å². The Bertz CT molecular complexity index is 477. The first kappa shape index (κ1) is 10.6. The van der Waals surface area contributed by atoms with E-state index in [1.54, 1.807) is 0 Å². The minimum Gasteiger partial charge on any atom is -0.489 e. The molecule has 0 spiro atoms. The van der Waals surface area contributed by atoms with Gasteiger partial charge in [0.05, 0.1) is 6.42 Å². The van der Waals surface area contributed by atoms with E-state index in [9.17, 15) is 4.79 Å². The number of hydrogen-bond acceptors (Lipinski definition) is 3. The zero-order valence-corrected chi connectivity index (χ0v) is 10.2. The molecule has 1 aromatic carbocycles. The van der Waals surface area contributed by atoms with E-state index in [0.29, 0.717) is 12.3 Å². The first-order chi connectivity index (χ1) is 8.15. The second kappa shape index (κ2) is 3.76. The van der Waals surface area contributed by atoms with Crippen LogP contribution in [0.4, 0.5) is 0 Å². The summed E-state index contributed by atoms with van der Waals surface area (Å²) >= 11 is 0. The number of ether oxygens (including phenoxy) is 2. The van der Waals surface area contributed by atoms with Crippen LogP contribution in [0.15, 0.2) is 12.1 Å². The topological polar surface area (TPSA) is 35.5 Å². The second-order valence-corrected chi connectivity index (χ2v) is 5.11. The molecule has 3 rings (SSSR count). The second-order valence-electron chi connectivity index (χ2n) is 5.11. The Morgan fingerprint density at radius 2 is 2.12 bits per heavy atom. The molecule has 0 saturated carbocycles. The highest BCUT2D eigenvalue weighted by Crippen LogP contribution is 2.41. The van der Waals surface area contributed by atoms with Crippen LogP contribution in [0, 0.1) is 5.92 Å². The van der Waals surface area contributed by atoms with E-state index in [2.05, 4.69) is 13.8 Å². The summed E-state index contributed by atoms with van der Waals surface area (Å²) in [7, 11) is 0. The first-order valence-corrected chi connectivity index (χ1v) is 6.17. The summed E-state index contributed by atoms with van der Waals surface area (Å²) in [5, 5.41) is 0. The van der Waals surface area contributed by atoms with E-state index < -0.39 is 0 Å². The molecule has 0 radical (unpaired) electrons. The summed E-state index contributed by atoms with van der Waals surface area (Å²) in [6, 6.07) is 4.03. The lowest BCUT2D eigenvalue weighted by atomic mass is 9.97. The van der Waals surface area contributed by atoms with E-state index in [4.69, 9.17) is 9.47 Å². The van der Waals surface area contributed by atoms with Gasteiger partial charge in [0.25, 0.3) is 0 Å². The predicted molar refractivity (Wildman–Crippen MR) is 63.4 cm³/mol. The lowest BCUT2D eigenvalue weighted by Crippen LogP contribution is -2.20. The van der Waals surface area contributed by atoms with Crippen LogP contribution in [0.25, 0.3) is 0 Å². The van der Waals surface area contributed by atoms with Crippen molar-refractivity contribution in [3.8, 4) is 11.5 Å². The number of benzene rings is 1. The van der Waals surface area contributed by atoms with E-state index >= 15 is 0 Å². The molecule has 0 amide bonds. The Morgan fingerprint density at radius 1 is 1.29 bits per heavy atom. The summed E-state index contributed by atoms with van der Waals surface area (Å²) < 4.78 is 11.3. The third-order valence-corrected chi connectivity index (χ3v) is 3.54. The minimum absolute atomic E-state index is 0.126. The van der Waals surface area contributed by atoms with Crippen molar-refractivity contribution in [3.63, 3.8) is 0 Å². The van der Waals surface area contributed by atoms with Gasteiger partial charge in [-0.2, -0.15) is 0 Å². The molecule has 90 valence electrons. The van der Waals surface area contributed by atoms with E-state index in [1.165, 1.54) is 0 Å². The van der Waals surface area contributed by atoms with Gasteiger partial charge in [0.1, 0.15) is 17.6 Å². The molecule has 1 atom stereocenters. The van der Waals surface area contributed by atoms with E-state index in [-0.39, 0.29) is 12.1 Å². The van der Waals surface area contributed by atoms with Crippen molar-refractivity contribution in [2.45, 2.75) is 39.2 Å². The molecule has 0 N–H and O–H groups in total. The fraction of sp³-hybridized carbons (Fsp3) is 0.500. The zero-order chi connectivity index (χ0) is 12.0. The van der Waals surface area contributed by atoms with Gasteiger partial charge in [-0.15, -0.1) is 0 Å². The SMILES string of the molecule is CC(C)C1Cc2c(ccc3c2OC(=O)CC3)O1. The monoisotopic (exact) mass is 232 g/mol. The maximum atomic E-state index is 11.4. The Labute approximate surface area is 101 Å². The molecule has 1 aromatic rings. The third-order valence-electron chi connectivity index (χ3n) is 3.54. The Balaban J connectivity index is 2.00. The Kier molecular flexibility index (Phi) is 2.35. The molecule has 2 aliphatic rings. The predicted octanol–water partition coefficient (Wildman–Crippen LogP) is 2.50. The van der Waals surface area contributed by atoms with Gasteiger partial charge in [-0.1, -0.05) is 19.9 Å². The van der Waals surface area contributed by atoms with Crippen molar-refractivity contribution in [3.05, 3.63) is 23.3 Å². The number of carbonyl (C=O) groups excluding carboxylic acids is 1. The molecule has 0 saturated heterocycles. The maximum Gasteiger partial charge on any atom is 0.311 e. The highest BCUT2D eigenvalue weighted by molar-refractivity contribution is 5.76. The summed E-state index contributed by atoms with van der Waals surface area (Å²) in [5.74, 6) is 2.00. The number of rotatable bonds is 1. The molecule has 3 nitrogen and oxygen atoms in total. The van der Waals surface area contributed by atoms with Crippen molar-refractivity contribution in [2.75, 3.05) is 0 Å². The number of aryl methyl sites for hydroxylation is 1. The normalized spacial score (nSPS) is 21.8. The first-order valence-electron chi connectivity index (χ1n) is 6.17. The van der Waals surface area contributed by atoms with Gasteiger partial charge < -0.3 is 9.47 Å². The van der Waals surface area contributed by atoms with Gasteiger partial charge >= 0.3 is 5.97 Å². The van der Waals surface area contributed by atoms with Gasteiger partial charge in [0.2, 0.25) is 0 Å². The summed E-state index contributed by atoms with van der Waals surface area (Å²) in [4.78, 5) is 11.4. The molecule has 1 unspecified atom stereocenters. The van der Waals surface area contributed by atoms with Crippen LogP contribution in [-0.4, -0.2) is 12.1 Å². The number of carbonyl (C=O) groups is 1. The highest BCUT2D eigenvalue weighted by atomic mass is 16.5. The molecular weight excluding hydrogens is 216 g/mol. The van der Waals surface area contributed by atoms with Crippen LogP contribution in [0.1, 0.15) is 31.4 Å². The van der Waals surface area contributed by atoms with Crippen LogP contribution < -0.4 is 9.47 Å². The summed E-state index contributed by atoms with van der Waals surface area (Å²) in [6.07, 6.45) is 2.33. The molecule has 0 aromatic heterocycles. The van der Waals surface area contributed by atoms with Crippen LogP contribution >= 0.6 is 0 Å². The maximum absolute atomic E-state index is 11.4. The van der Waals surface area contributed by atoms with Crippen molar-refractivity contribution in [1.82, 2.24) is 0 Å². The summed E-state index contributed by atoms with van der Waals surface area (Å²) in [6.45, 7) is 4.30. The zero-order valence-electron chi connectivity index (χ0n) is 10.2. The number of hydrogen-bond donors (Lipinski definition) is 0. The largest absolute Gasteiger partial charge is 0.489 e. The molecule has 2 aliphatic heterocycles. The van der Waals surface area contributed by atoms with Crippen molar-refractivity contribution >= 4 is 5.97 Å². The average Bonchev–Trinajstić information content (AvgIpc) is 2.73. The minimum atomic E-state index is -0.126. The van der Waals surface area contributed by atoms with Crippen molar-refractivity contribution in [2.24, 2.45) is 5.92 Å². The van der Waals surface area contributed by atoms with E-state index in [1.807, 2.05) is 12.1 Å². The molecule has 17 heavy (non-hydrogen) atoms. The number of esters is 1. The Hall–Kier alpha value is -1.51. The number of fused-ring (bicyclic) bond motifs is 3. The Morgan fingerprint density at radius 3 is 2.88 bits per heavy atom. The lowest BCUT2D eigenvalue weighted by Gasteiger charge is -2.17. The van der Waals surface area contributed by atoms with E-state index in [0.717, 1.165) is 35.5 Å². The van der Waals surface area contributed by atoms with Crippen LogP contribution in [0.3, 0.4) is 0 Å². The van der Waals surface area contributed by atoms with Crippen LogP contribution in [0.2, 0.25) is 0 Å². The smallest absolute Gasteiger partial charge is 0.311 e. The lowest BCUT2D eigenvalue weighted by molar-refractivity contribution is -0.135. The fourth-order valence-electron chi connectivity index (χ4n) is 2.47. The van der Waals surface area contributed by atoms with Gasteiger partial charge in [0, 0.05) is 12.0 Å². The third kappa shape index (κ3) is 1.70. The van der Waals surface area contributed by atoms with Crippen molar-refractivity contribution in [1.29, 1.82) is 0 Å². The van der Waals surface area contributed by atoms with Crippen molar-refractivity contribution < 1.29 is 14.3 Å². The highest BCUT2D eigenvalue weighted by Gasteiger charge is 2.31. The average molecular weight is 232 g/mol. The van der Waals surface area contributed by atoms with Crippen LogP contribution in [0.5, 0.6) is 11.5 Å². The fourth-order valence-corrected chi connectivity index (χ4v) is 2.47.